The zero-order valence-corrected chi connectivity index (χ0v) is 9.49. The highest BCUT2D eigenvalue weighted by Crippen LogP contribution is 2.22. The molecule has 1 aliphatic rings. The lowest BCUT2D eigenvalue weighted by Crippen LogP contribution is -2.54. The van der Waals surface area contributed by atoms with Gasteiger partial charge in [-0.05, 0) is 25.1 Å². The van der Waals surface area contributed by atoms with Crippen LogP contribution in [0.25, 0.3) is 0 Å². The molecule has 2 rings (SSSR count). The first-order chi connectivity index (χ1) is 7.58. The summed E-state index contributed by atoms with van der Waals surface area (Å²) in [4.78, 5) is 24.5. The van der Waals surface area contributed by atoms with E-state index in [0.29, 0.717) is 17.1 Å². The van der Waals surface area contributed by atoms with Gasteiger partial charge in [-0.15, -0.1) is 0 Å². The Morgan fingerprint density at radius 1 is 1.44 bits per heavy atom. The Labute approximate surface area is 98.2 Å². The maximum atomic E-state index is 11.7. The lowest BCUT2D eigenvalue weighted by atomic mass is 10.1. The number of benzene rings is 1. The Balaban J connectivity index is 2.33. The van der Waals surface area contributed by atoms with Crippen LogP contribution >= 0.6 is 11.6 Å². The highest BCUT2D eigenvalue weighted by atomic mass is 35.5. The summed E-state index contributed by atoms with van der Waals surface area (Å²) < 4.78 is 0. The number of imide groups is 1. The Bertz CT molecular complexity index is 429. The molecule has 1 saturated heterocycles. The minimum Gasteiger partial charge on any atom is -0.334 e. The van der Waals surface area contributed by atoms with E-state index in [1.165, 1.54) is 0 Å². The molecular formula is C11H11ClN2O2. The summed E-state index contributed by atoms with van der Waals surface area (Å²) >= 11 is 5.82. The van der Waals surface area contributed by atoms with Gasteiger partial charge in [0.25, 0.3) is 0 Å². The summed E-state index contributed by atoms with van der Waals surface area (Å²) in [6, 6.07) is 6.16. The van der Waals surface area contributed by atoms with Crippen molar-refractivity contribution in [3.05, 3.63) is 29.3 Å². The maximum Gasteiger partial charge on any atom is 0.328 e. The summed E-state index contributed by atoms with van der Waals surface area (Å²) in [5, 5.41) is 3.20. The minimum atomic E-state index is -0.397. The molecule has 0 spiro atoms. The third kappa shape index (κ3) is 2.02. The fraction of sp³-hybridized carbons (Fsp3) is 0.273. The van der Waals surface area contributed by atoms with Crippen LogP contribution in [0.15, 0.2) is 24.3 Å². The molecule has 0 aromatic heterocycles. The fourth-order valence-electron chi connectivity index (χ4n) is 1.67. The molecule has 4 nitrogen and oxygen atoms in total. The predicted octanol–water partition coefficient (Wildman–Crippen LogP) is 2.17. The summed E-state index contributed by atoms with van der Waals surface area (Å²) in [6.07, 6.45) is 0.304. The fourth-order valence-corrected chi connectivity index (χ4v) is 1.85. The van der Waals surface area contributed by atoms with Crippen LogP contribution in [0.5, 0.6) is 0 Å². The van der Waals surface area contributed by atoms with Gasteiger partial charge >= 0.3 is 6.03 Å². The van der Waals surface area contributed by atoms with E-state index in [0.717, 1.165) is 4.90 Å². The van der Waals surface area contributed by atoms with Crippen LogP contribution in [0, 0.1) is 0 Å². The lowest BCUT2D eigenvalue weighted by molar-refractivity contribution is -0.118. The number of nitrogens with zero attached hydrogens (tertiary/aromatic N) is 1. The van der Waals surface area contributed by atoms with Gasteiger partial charge in [0, 0.05) is 17.5 Å². The van der Waals surface area contributed by atoms with Crippen LogP contribution in [-0.4, -0.2) is 18.0 Å². The van der Waals surface area contributed by atoms with E-state index >= 15 is 0 Å². The highest BCUT2D eigenvalue weighted by Gasteiger charge is 2.30. The first-order valence-electron chi connectivity index (χ1n) is 4.97. The van der Waals surface area contributed by atoms with E-state index in [1.807, 2.05) is 0 Å². The van der Waals surface area contributed by atoms with Gasteiger partial charge < -0.3 is 5.32 Å². The van der Waals surface area contributed by atoms with Crippen molar-refractivity contribution in [2.75, 3.05) is 4.90 Å². The van der Waals surface area contributed by atoms with E-state index in [4.69, 9.17) is 11.6 Å². The van der Waals surface area contributed by atoms with Crippen molar-refractivity contribution in [1.82, 2.24) is 5.32 Å². The molecule has 3 amide bonds. The SMILES string of the molecule is CC1CC(=O)N(c2cccc(Cl)c2)C(=O)N1. The Morgan fingerprint density at radius 3 is 2.81 bits per heavy atom. The zero-order valence-electron chi connectivity index (χ0n) is 8.74. The average molecular weight is 239 g/mol. The molecule has 16 heavy (non-hydrogen) atoms. The number of halogens is 1. The van der Waals surface area contributed by atoms with Crippen LogP contribution in [-0.2, 0) is 4.79 Å². The number of carbonyl (C=O) groups excluding carboxylic acids is 2. The van der Waals surface area contributed by atoms with E-state index < -0.39 is 6.03 Å². The molecule has 1 unspecified atom stereocenters. The van der Waals surface area contributed by atoms with Gasteiger partial charge in [-0.3, -0.25) is 4.79 Å². The zero-order chi connectivity index (χ0) is 11.7. The van der Waals surface area contributed by atoms with Crippen molar-refractivity contribution < 1.29 is 9.59 Å². The van der Waals surface area contributed by atoms with Gasteiger partial charge in [0.1, 0.15) is 0 Å². The largest absolute Gasteiger partial charge is 0.334 e. The molecular weight excluding hydrogens is 228 g/mol. The highest BCUT2D eigenvalue weighted by molar-refractivity contribution is 6.31. The first kappa shape index (κ1) is 11.0. The second-order valence-electron chi connectivity index (χ2n) is 3.76. The number of carbonyl (C=O) groups is 2. The molecule has 1 aromatic carbocycles. The first-order valence-corrected chi connectivity index (χ1v) is 5.35. The van der Waals surface area contributed by atoms with Gasteiger partial charge in [0.05, 0.1) is 5.69 Å². The summed E-state index contributed by atoms with van der Waals surface area (Å²) in [7, 11) is 0. The van der Waals surface area contributed by atoms with Crippen LogP contribution in [0.1, 0.15) is 13.3 Å². The minimum absolute atomic E-state index is 0.115. The molecule has 0 radical (unpaired) electrons. The predicted molar refractivity (Wildman–Crippen MR) is 61.5 cm³/mol. The van der Waals surface area contributed by atoms with Crippen molar-refractivity contribution in [3.63, 3.8) is 0 Å². The van der Waals surface area contributed by atoms with Gasteiger partial charge in [-0.2, -0.15) is 0 Å². The maximum absolute atomic E-state index is 11.7. The lowest BCUT2D eigenvalue weighted by Gasteiger charge is -2.29. The molecule has 5 heteroatoms. The number of amides is 3. The molecule has 84 valence electrons. The normalized spacial score (nSPS) is 20.9. The van der Waals surface area contributed by atoms with Crippen molar-refractivity contribution >= 4 is 29.2 Å². The number of nitrogens with one attached hydrogen (secondary N) is 1. The number of hydrogen-bond acceptors (Lipinski definition) is 2. The smallest absolute Gasteiger partial charge is 0.328 e. The molecule has 0 aliphatic carbocycles. The van der Waals surface area contributed by atoms with Gasteiger partial charge in [0.15, 0.2) is 0 Å². The molecule has 1 atom stereocenters. The van der Waals surface area contributed by atoms with E-state index in [9.17, 15) is 9.59 Å². The number of rotatable bonds is 1. The van der Waals surface area contributed by atoms with Crippen LogP contribution in [0.2, 0.25) is 5.02 Å². The Kier molecular flexibility index (Phi) is 2.83. The number of hydrogen-bond donors (Lipinski definition) is 1. The summed E-state index contributed by atoms with van der Waals surface area (Å²) in [6.45, 7) is 1.80. The third-order valence-corrected chi connectivity index (χ3v) is 2.60. The number of anilines is 1. The molecule has 0 bridgehead atoms. The third-order valence-electron chi connectivity index (χ3n) is 2.37. The van der Waals surface area contributed by atoms with E-state index in [-0.39, 0.29) is 11.9 Å². The second kappa shape index (κ2) is 4.14. The summed E-state index contributed by atoms with van der Waals surface area (Å²) in [5.74, 6) is -0.210. The van der Waals surface area contributed by atoms with Gasteiger partial charge in [-0.1, -0.05) is 17.7 Å². The van der Waals surface area contributed by atoms with E-state index in [2.05, 4.69) is 5.32 Å². The molecule has 1 heterocycles. The molecule has 1 N–H and O–H groups in total. The van der Waals surface area contributed by atoms with Crippen LogP contribution < -0.4 is 10.2 Å². The van der Waals surface area contributed by atoms with Crippen LogP contribution in [0.4, 0.5) is 10.5 Å². The Morgan fingerprint density at radius 2 is 2.19 bits per heavy atom. The van der Waals surface area contributed by atoms with Crippen LogP contribution in [0.3, 0.4) is 0 Å². The standard InChI is InChI=1S/C11H11ClN2O2/c1-7-5-10(15)14(11(16)13-7)9-4-2-3-8(12)6-9/h2-4,6-7H,5H2,1H3,(H,13,16). The Hall–Kier alpha value is -1.55. The van der Waals surface area contributed by atoms with Crippen molar-refractivity contribution in [3.8, 4) is 0 Å². The number of urea groups is 1. The van der Waals surface area contributed by atoms with E-state index in [1.54, 1.807) is 31.2 Å². The average Bonchev–Trinajstić information content (AvgIpc) is 2.15. The molecule has 0 saturated carbocycles. The van der Waals surface area contributed by atoms with Crippen molar-refractivity contribution in [1.29, 1.82) is 0 Å². The molecule has 1 fully saturated rings. The van der Waals surface area contributed by atoms with Crippen molar-refractivity contribution in [2.24, 2.45) is 0 Å². The van der Waals surface area contributed by atoms with Gasteiger partial charge in [-0.25, -0.2) is 9.69 Å². The molecule has 1 aliphatic heterocycles. The topological polar surface area (TPSA) is 49.4 Å². The monoisotopic (exact) mass is 238 g/mol. The second-order valence-corrected chi connectivity index (χ2v) is 4.20. The quantitative estimate of drug-likeness (QED) is 0.815. The van der Waals surface area contributed by atoms with Gasteiger partial charge in [0.2, 0.25) is 5.91 Å². The molecule has 1 aromatic rings. The van der Waals surface area contributed by atoms with Crippen molar-refractivity contribution in [2.45, 2.75) is 19.4 Å². The summed E-state index contributed by atoms with van der Waals surface area (Å²) in [5.41, 5.74) is 0.502.